The molecule has 2 aromatic heterocycles. The van der Waals surface area contributed by atoms with E-state index in [9.17, 15) is 14.7 Å². The monoisotopic (exact) mass is 367 g/mol. The summed E-state index contributed by atoms with van der Waals surface area (Å²) in [5.41, 5.74) is 0.816. The Bertz CT molecular complexity index is 1050. The first-order valence-electron chi connectivity index (χ1n) is 8.81. The second-order valence-electron chi connectivity index (χ2n) is 7.47. The lowest BCUT2D eigenvalue weighted by Crippen LogP contribution is -2.36. The first kappa shape index (κ1) is 17.3. The lowest BCUT2D eigenvalue weighted by Gasteiger charge is -2.19. The second kappa shape index (κ2) is 5.94. The summed E-state index contributed by atoms with van der Waals surface area (Å²) < 4.78 is 3.18. The quantitative estimate of drug-likeness (QED) is 0.721. The van der Waals surface area contributed by atoms with Crippen molar-refractivity contribution in [1.82, 2.24) is 19.6 Å². The van der Waals surface area contributed by atoms with Gasteiger partial charge in [0.05, 0.1) is 11.2 Å². The van der Waals surface area contributed by atoms with E-state index in [1.54, 1.807) is 26.1 Å². The average molecular weight is 367 g/mol. The van der Waals surface area contributed by atoms with Crippen molar-refractivity contribution in [2.45, 2.75) is 31.7 Å². The summed E-state index contributed by atoms with van der Waals surface area (Å²) in [6.07, 6.45) is 2.30. The van der Waals surface area contributed by atoms with Gasteiger partial charge in [-0.2, -0.15) is 10.2 Å². The standard InChI is InChI=1S/C19H21N5O3/c1-19(2,18(26)27)24-9-8-15(21-24)20-17(25)13-10-12(13)16-11-6-4-5-7-14(11)23(3)22-16/h4-9,12-13H,10H2,1-3H3,(H,26,27)(H,20,21,25)/t12-,13-/m1/s1. The first-order valence-corrected chi connectivity index (χ1v) is 8.81. The van der Waals surface area contributed by atoms with Crippen LogP contribution >= 0.6 is 0 Å². The number of carboxylic acids is 1. The van der Waals surface area contributed by atoms with Gasteiger partial charge >= 0.3 is 5.97 Å². The number of aromatic nitrogens is 4. The molecular weight excluding hydrogens is 346 g/mol. The predicted molar refractivity (Wildman–Crippen MR) is 99.4 cm³/mol. The average Bonchev–Trinajstić information content (AvgIpc) is 3.17. The molecule has 1 aliphatic carbocycles. The number of nitrogens with zero attached hydrogens (tertiary/aromatic N) is 4. The molecule has 0 unspecified atom stereocenters. The number of benzene rings is 1. The number of amides is 1. The van der Waals surface area contributed by atoms with E-state index < -0.39 is 11.5 Å². The van der Waals surface area contributed by atoms with Crippen LogP contribution in [0.25, 0.3) is 10.9 Å². The zero-order chi connectivity index (χ0) is 19.3. The van der Waals surface area contributed by atoms with Crippen LogP contribution in [-0.2, 0) is 22.2 Å². The molecule has 1 aliphatic rings. The van der Waals surface area contributed by atoms with Crippen LogP contribution in [0.3, 0.4) is 0 Å². The number of rotatable bonds is 5. The Hall–Kier alpha value is -3.16. The largest absolute Gasteiger partial charge is 0.479 e. The Kier molecular flexibility index (Phi) is 3.80. The molecule has 140 valence electrons. The van der Waals surface area contributed by atoms with Crippen molar-refractivity contribution in [3.05, 3.63) is 42.2 Å². The fourth-order valence-electron chi connectivity index (χ4n) is 3.32. The molecule has 8 heteroatoms. The molecular formula is C19H21N5O3. The molecule has 27 heavy (non-hydrogen) atoms. The van der Waals surface area contributed by atoms with Gasteiger partial charge in [0.1, 0.15) is 0 Å². The molecule has 0 saturated heterocycles. The van der Waals surface area contributed by atoms with Crippen molar-refractivity contribution in [2.24, 2.45) is 13.0 Å². The van der Waals surface area contributed by atoms with E-state index in [1.807, 2.05) is 36.0 Å². The van der Waals surface area contributed by atoms with E-state index >= 15 is 0 Å². The Balaban J connectivity index is 1.48. The van der Waals surface area contributed by atoms with Gasteiger partial charge in [0, 0.05) is 36.5 Å². The smallest absolute Gasteiger partial charge is 0.331 e. The van der Waals surface area contributed by atoms with Crippen molar-refractivity contribution in [2.75, 3.05) is 5.32 Å². The van der Waals surface area contributed by atoms with Crippen molar-refractivity contribution in [3.63, 3.8) is 0 Å². The van der Waals surface area contributed by atoms with Gasteiger partial charge in [-0.3, -0.25) is 14.2 Å². The fourth-order valence-corrected chi connectivity index (χ4v) is 3.32. The predicted octanol–water partition coefficient (Wildman–Crippen LogP) is 2.33. The number of carboxylic acid groups (broad SMARTS) is 1. The highest BCUT2D eigenvalue weighted by atomic mass is 16.4. The van der Waals surface area contributed by atoms with Gasteiger partial charge in [0.2, 0.25) is 5.91 Å². The molecule has 8 nitrogen and oxygen atoms in total. The van der Waals surface area contributed by atoms with Crippen LogP contribution < -0.4 is 5.32 Å². The fraction of sp³-hybridized carbons (Fsp3) is 0.368. The van der Waals surface area contributed by atoms with Crippen molar-refractivity contribution >= 4 is 28.6 Å². The van der Waals surface area contributed by atoms with Gasteiger partial charge in [0.25, 0.3) is 0 Å². The number of hydrogen-bond acceptors (Lipinski definition) is 4. The number of para-hydroxylation sites is 1. The Morgan fingerprint density at radius 3 is 2.70 bits per heavy atom. The summed E-state index contributed by atoms with van der Waals surface area (Å²) in [4.78, 5) is 23.9. The maximum absolute atomic E-state index is 12.6. The molecule has 1 saturated carbocycles. The van der Waals surface area contributed by atoms with Gasteiger partial charge < -0.3 is 10.4 Å². The summed E-state index contributed by atoms with van der Waals surface area (Å²) in [7, 11) is 1.90. The van der Waals surface area contributed by atoms with Crippen molar-refractivity contribution in [1.29, 1.82) is 0 Å². The van der Waals surface area contributed by atoms with Crippen molar-refractivity contribution in [3.8, 4) is 0 Å². The maximum Gasteiger partial charge on any atom is 0.331 e. The normalized spacial score (nSPS) is 19.2. The van der Waals surface area contributed by atoms with Crippen LogP contribution in [0.5, 0.6) is 0 Å². The summed E-state index contributed by atoms with van der Waals surface area (Å²) in [5.74, 6) is -0.818. The molecule has 2 atom stereocenters. The van der Waals surface area contributed by atoms with Gasteiger partial charge in [-0.15, -0.1) is 0 Å². The molecule has 1 amide bonds. The number of aliphatic carboxylic acids is 1. The molecule has 2 N–H and O–H groups in total. The minimum absolute atomic E-state index is 0.0913. The van der Waals surface area contributed by atoms with Crippen LogP contribution in [0.15, 0.2) is 36.5 Å². The first-order chi connectivity index (χ1) is 12.8. The lowest BCUT2D eigenvalue weighted by atomic mass is 10.1. The Morgan fingerprint density at radius 1 is 1.22 bits per heavy atom. The molecule has 4 rings (SSSR count). The molecule has 0 radical (unpaired) electrons. The van der Waals surface area contributed by atoms with Crippen LogP contribution in [0.4, 0.5) is 5.82 Å². The topological polar surface area (TPSA) is 102 Å². The third kappa shape index (κ3) is 2.87. The van der Waals surface area contributed by atoms with E-state index in [2.05, 4.69) is 15.5 Å². The number of hydrogen-bond donors (Lipinski definition) is 2. The van der Waals surface area contributed by atoms with Crippen LogP contribution in [-0.4, -0.2) is 36.5 Å². The third-order valence-electron chi connectivity index (χ3n) is 5.20. The second-order valence-corrected chi connectivity index (χ2v) is 7.47. The number of carbonyl (C=O) groups excluding carboxylic acids is 1. The molecule has 0 bridgehead atoms. The molecule has 0 aliphatic heterocycles. The van der Waals surface area contributed by atoms with Crippen LogP contribution in [0, 0.1) is 5.92 Å². The molecule has 2 heterocycles. The third-order valence-corrected chi connectivity index (χ3v) is 5.20. The van der Waals surface area contributed by atoms with E-state index in [0.29, 0.717) is 5.82 Å². The van der Waals surface area contributed by atoms with Crippen LogP contribution in [0.1, 0.15) is 31.9 Å². The number of anilines is 1. The lowest BCUT2D eigenvalue weighted by molar-refractivity contribution is -0.146. The van der Waals surface area contributed by atoms with E-state index in [1.165, 1.54) is 4.68 Å². The summed E-state index contributed by atoms with van der Waals surface area (Å²) in [6, 6.07) is 9.60. The molecule has 0 spiro atoms. The SMILES string of the molecule is Cn1nc([C@@H]2C[C@H]2C(=O)Nc2ccn(C(C)(C)C(=O)O)n2)c2ccccc21. The number of nitrogens with one attached hydrogen (secondary N) is 1. The van der Waals surface area contributed by atoms with E-state index in [4.69, 9.17) is 0 Å². The zero-order valence-corrected chi connectivity index (χ0v) is 15.4. The van der Waals surface area contributed by atoms with Gasteiger partial charge in [0.15, 0.2) is 11.4 Å². The van der Waals surface area contributed by atoms with Gasteiger partial charge in [-0.25, -0.2) is 4.79 Å². The van der Waals surface area contributed by atoms with Crippen LogP contribution in [0.2, 0.25) is 0 Å². The highest BCUT2D eigenvalue weighted by Crippen LogP contribution is 2.49. The zero-order valence-electron chi connectivity index (χ0n) is 15.4. The van der Waals surface area contributed by atoms with E-state index in [0.717, 1.165) is 23.0 Å². The number of aryl methyl sites for hydroxylation is 1. The molecule has 3 aromatic rings. The van der Waals surface area contributed by atoms with Crippen molar-refractivity contribution < 1.29 is 14.7 Å². The summed E-state index contributed by atoms with van der Waals surface area (Å²) in [5, 5.41) is 21.9. The minimum atomic E-state index is -1.18. The maximum atomic E-state index is 12.6. The molecule has 1 fully saturated rings. The van der Waals surface area contributed by atoms with E-state index in [-0.39, 0.29) is 17.7 Å². The highest BCUT2D eigenvalue weighted by molar-refractivity contribution is 5.95. The summed E-state index contributed by atoms with van der Waals surface area (Å²) in [6.45, 7) is 3.11. The minimum Gasteiger partial charge on any atom is -0.479 e. The highest BCUT2D eigenvalue weighted by Gasteiger charge is 2.46. The summed E-state index contributed by atoms with van der Waals surface area (Å²) >= 11 is 0. The van der Waals surface area contributed by atoms with Gasteiger partial charge in [-0.1, -0.05) is 18.2 Å². The molecule has 1 aromatic carbocycles. The Morgan fingerprint density at radius 2 is 1.96 bits per heavy atom. The Labute approximate surface area is 155 Å². The number of carbonyl (C=O) groups is 2. The number of fused-ring (bicyclic) bond motifs is 1. The van der Waals surface area contributed by atoms with Gasteiger partial charge in [-0.05, 0) is 26.3 Å².